The fourth-order valence-electron chi connectivity index (χ4n) is 2.10. The molecule has 2 heterocycles. The monoisotopic (exact) mass is 241 g/mol. The Hall–Kier alpha value is -2.30. The van der Waals surface area contributed by atoms with E-state index in [9.17, 15) is 0 Å². The Morgan fingerprint density at radius 2 is 2.28 bits per heavy atom. The smallest absolute Gasteiger partial charge is 0.0881 e. The third kappa shape index (κ3) is 1.84. The molecule has 0 bridgehead atoms. The number of aryl methyl sites for hydroxylation is 1. The summed E-state index contributed by atoms with van der Waals surface area (Å²) in [4.78, 5) is 0. The van der Waals surface area contributed by atoms with E-state index in [1.165, 1.54) is 5.69 Å². The lowest BCUT2D eigenvalue weighted by Crippen LogP contribution is -2.08. The summed E-state index contributed by atoms with van der Waals surface area (Å²) < 4.78 is 1.99. The van der Waals surface area contributed by atoms with Gasteiger partial charge < -0.3 is 5.32 Å². The lowest BCUT2D eigenvalue weighted by molar-refractivity contribution is 0.628. The van der Waals surface area contributed by atoms with E-state index in [0.717, 1.165) is 29.7 Å². The fourth-order valence-corrected chi connectivity index (χ4v) is 2.10. The van der Waals surface area contributed by atoms with Crippen molar-refractivity contribution in [2.24, 2.45) is 0 Å². The van der Waals surface area contributed by atoms with Gasteiger partial charge in [-0.2, -0.15) is 10.2 Å². The summed E-state index contributed by atoms with van der Waals surface area (Å²) in [5.41, 5.74) is 3.28. The van der Waals surface area contributed by atoms with Crippen molar-refractivity contribution in [3.63, 3.8) is 0 Å². The minimum Gasteiger partial charge on any atom is -0.378 e. The zero-order valence-electron chi connectivity index (χ0n) is 10.2. The summed E-state index contributed by atoms with van der Waals surface area (Å²) in [6, 6.07) is 8.15. The molecule has 0 aliphatic rings. The van der Waals surface area contributed by atoms with Crippen LogP contribution in [0.5, 0.6) is 0 Å². The molecular weight excluding hydrogens is 226 g/mol. The van der Waals surface area contributed by atoms with Crippen LogP contribution in [0.15, 0.2) is 36.7 Å². The fraction of sp³-hybridized carbons (Fsp3) is 0.231. The highest BCUT2D eigenvalue weighted by molar-refractivity contribution is 5.89. The highest BCUT2D eigenvalue weighted by Crippen LogP contribution is 2.20. The van der Waals surface area contributed by atoms with E-state index in [2.05, 4.69) is 27.5 Å². The molecule has 0 aliphatic carbocycles. The van der Waals surface area contributed by atoms with Crippen LogP contribution in [0.1, 0.15) is 12.6 Å². The molecule has 2 N–H and O–H groups in total. The Bertz CT molecular complexity index is 652. The maximum atomic E-state index is 4.26. The van der Waals surface area contributed by atoms with Crippen LogP contribution in [-0.4, -0.2) is 20.0 Å². The first-order valence-electron chi connectivity index (χ1n) is 6.05. The average molecular weight is 241 g/mol. The maximum absolute atomic E-state index is 4.26. The van der Waals surface area contributed by atoms with E-state index in [4.69, 9.17) is 0 Å². The topological polar surface area (TPSA) is 58.5 Å². The van der Waals surface area contributed by atoms with Gasteiger partial charge in [-0.05, 0) is 19.1 Å². The first kappa shape index (κ1) is 10.8. The normalized spacial score (nSPS) is 10.9. The van der Waals surface area contributed by atoms with Gasteiger partial charge in [-0.1, -0.05) is 12.1 Å². The van der Waals surface area contributed by atoms with Crippen molar-refractivity contribution in [3.8, 4) is 0 Å². The molecule has 0 saturated heterocycles. The largest absolute Gasteiger partial charge is 0.378 e. The number of fused-ring (bicyclic) bond motifs is 1. The second kappa shape index (κ2) is 4.52. The summed E-state index contributed by atoms with van der Waals surface area (Å²) in [6.45, 7) is 3.73. The summed E-state index contributed by atoms with van der Waals surface area (Å²) in [5, 5.41) is 15.9. The maximum Gasteiger partial charge on any atom is 0.0881 e. The number of H-pyrrole nitrogens is 1. The molecule has 5 heteroatoms. The molecule has 2 aromatic heterocycles. The summed E-state index contributed by atoms with van der Waals surface area (Å²) in [5.74, 6) is 0. The van der Waals surface area contributed by atoms with E-state index < -0.39 is 0 Å². The van der Waals surface area contributed by atoms with Gasteiger partial charge in [0, 0.05) is 18.1 Å². The van der Waals surface area contributed by atoms with Crippen molar-refractivity contribution in [3.05, 3.63) is 42.4 Å². The van der Waals surface area contributed by atoms with Crippen LogP contribution in [0.3, 0.4) is 0 Å². The zero-order valence-corrected chi connectivity index (χ0v) is 10.2. The zero-order chi connectivity index (χ0) is 12.4. The molecule has 0 radical (unpaired) electrons. The summed E-state index contributed by atoms with van der Waals surface area (Å²) >= 11 is 0. The number of rotatable bonds is 4. The van der Waals surface area contributed by atoms with Crippen molar-refractivity contribution in [2.75, 3.05) is 5.32 Å². The molecular formula is C13H15N5. The number of nitrogens with zero attached hydrogens (tertiary/aromatic N) is 3. The molecule has 3 rings (SSSR count). The van der Waals surface area contributed by atoms with Gasteiger partial charge in [0.25, 0.3) is 0 Å². The molecule has 0 spiro atoms. The van der Waals surface area contributed by atoms with Crippen LogP contribution in [-0.2, 0) is 13.1 Å². The molecule has 0 unspecified atom stereocenters. The molecule has 0 atom stereocenters. The number of para-hydroxylation sites is 1. The van der Waals surface area contributed by atoms with Crippen molar-refractivity contribution in [2.45, 2.75) is 20.0 Å². The van der Waals surface area contributed by atoms with Gasteiger partial charge >= 0.3 is 0 Å². The third-order valence-electron chi connectivity index (χ3n) is 3.04. The Morgan fingerprint density at radius 1 is 1.33 bits per heavy atom. The number of anilines is 1. The van der Waals surface area contributed by atoms with Crippen molar-refractivity contribution in [1.82, 2.24) is 20.0 Å². The van der Waals surface area contributed by atoms with Gasteiger partial charge in [-0.3, -0.25) is 9.78 Å². The molecule has 3 aromatic rings. The standard InChI is InChI=1S/C13H15N5/c1-2-18-11(6-7-16-18)9-14-12-5-3-4-10-8-15-17-13(10)12/h3-8,14H,2,9H2,1H3,(H,15,17). The molecule has 5 nitrogen and oxygen atoms in total. The van der Waals surface area contributed by atoms with Gasteiger partial charge in [0.1, 0.15) is 0 Å². The third-order valence-corrected chi connectivity index (χ3v) is 3.04. The molecule has 0 saturated carbocycles. The van der Waals surface area contributed by atoms with Crippen molar-refractivity contribution in [1.29, 1.82) is 0 Å². The number of nitrogens with one attached hydrogen (secondary N) is 2. The molecule has 1 aromatic carbocycles. The SMILES string of the molecule is CCn1nccc1CNc1cccc2cn[nH]c12. The van der Waals surface area contributed by atoms with Gasteiger partial charge in [0.15, 0.2) is 0 Å². The first-order chi connectivity index (χ1) is 8.88. The van der Waals surface area contributed by atoms with Crippen molar-refractivity contribution >= 4 is 16.6 Å². The second-order valence-electron chi connectivity index (χ2n) is 4.13. The predicted molar refractivity (Wildman–Crippen MR) is 71.3 cm³/mol. The van der Waals surface area contributed by atoms with Gasteiger partial charge in [-0.15, -0.1) is 0 Å². The number of aromatic amines is 1. The van der Waals surface area contributed by atoms with Crippen LogP contribution in [0, 0.1) is 0 Å². The van der Waals surface area contributed by atoms with Gasteiger partial charge in [0.2, 0.25) is 0 Å². The molecule has 92 valence electrons. The number of hydrogen-bond acceptors (Lipinski definition) is 3. The van der Waals surface area contributed by atoms with Crippen LogP contribution in [0.25, 0.3) is 10.9 Å². The molecule has 0 fully saturated rings. The van der Waals surface area contributed by atoms with E-state index in [1.807, 2.05) is 41.3 Å². The lowest BCUT2D eigenvalue weighted by atomic mass is 10.2. The summed E-state index contributed by atoms with van der Waals surface area (Å²) in [7, 11) is 0. The summed E-state index contributed by atoms with van der Waals surface area (Å²) in [6.07, 6.45) is 3.66. The van der Waals surface area contributed by atoms with Crippen LogP contribution >= 0.6 is 0 Å². The van der Waals surface area contributed by atoms with Crippen LogP contribution in [0.2, 0.25) is 0 Å². The Kier molecular flexibility index (Phi) is 2.72. The van der Waals surface area contributed by atoms with E-state index in [0.29, 0.717) is 0 Å². The Labute approximate surface area is 105 Å². The Balaban J connectivity index is 1.83. The highest BCUT2D eigenvalue weighted by atomic mass is 15.3. The van der Waals surface area contributed by atoms with E-state index >= 15 is 0 Å². The van der Waals surface area contributed by atoms with Crippen LogP contribution in [0.4, 0.5) is 5.69 Å². The second-order valence-corrected chi connectivity index (χ2v) is 4.13. The lowest BCUT2D eigenvalue weighted by Gasteiger charge is -2.08. The molecule has 0 aliphatic heterocycles. The quantitative estimate of drug-likeness (QED) is 0.737. The Morgan fingerprint density at radius 3 is 3.17 bits per heavy atom. The van der Waals surface area contributed by atoms with Gasteiger partial charge in [0.05, 0.1) is 29.6 Å². The average Bonchev–Trinajstić information content (AvgIpc) is 3.04. The van der Waals surface area contributed by atoms with E-state index in [-0.39, 0.29) is 0 Å². The van der Waals surface area contributed by atoms with Crippen molar-refractivity contribution < 1.29 is 0 Å². The molecule has 18 heavy (non-hydrogen) atoms. The molecule has 0 amide bonds. The number of hydrogen-bond donors (Lipinski definition) is 2. The highest BCUT2D eigenvalue weighted by Gasteiger charge is 2.04. The van der Waals surface area contributed by atoms with E-state index in [1.54, 1.807) is 0 Å². The van der Waals surface area contributed by atoms with Gasteiger partial charge in [-0.25, -0.2) is 0 Å². The number of benzene rings is 1. The first-order valence-corrected chi connectivity index (χ1v) is 6.05. The minimum absolute atomic E-state index is 0.756. The van der Waals surface area contributed by atoms with Crippen LogP contribution < -0.4 is 5.32 Å². The predicted octanol–water partition coefficient (Wildman–Crippen LogP) is 2.39. The number of aromatic nitrogens is 4. The minimum atomic E-state index is 0.756.